The Balaban J connectivity index is 1.82. The summed E-state index contributed by atoms with van der Waals surface area (Å²) in [6.07, 6.45) is 0. The van der Waals surface area contributed by atoms with Crippen LogP contribution in [0.25, 0.3) is 11.1 Å². The second-order valence-corrected chi connectivity index (χ2v) is 5.03. The van der Waals surface area contributed by atoms with Crippen molar-refractivity contribution in [3.63, 3.8) is 0 Å². The number of rotatable bonds is 4. The van der Waals surface area contributed by atoms with Crippen LogP contribution < -0.4 is 10.5 Å². The molecule has 3 aromatic carbocycles. The Morgan fingerprint density at radius 2 is 1.59 bits per heavy atom. The van der Waals surface area contributed by atoms with Crippen molar-refractivity contribution < 1.29 is 9.13 Å². The summed E-state index contributed by atoms with van der Waals surface area (Å²) in [5.41, 5.74) is 9.46. The first-order chi connectivity index (χ1) is 10.7. The third-order valence-corrected chi connectivity index (χ3v) is 3.43. The zero-order valence-electron chi connectivity index (χ0n) is 12.0. The first-order valence-electron chi connectivity index (χ1n) is 7.04. The number of benzene rings is 3. The molecular weight excluding hydrogens is 277 g/mol. The monoisotopic (exact) mass is 293 g/mol. The molecule has 0 aliphatic heterocycles. The van der Waals surface area contributed by atoms with Crippen LogP contribution >= 0.6 is 0 Å². The summed E-state index contributed by atoms with van der Waals surface area (Å²) in [7, 11) is 0. The highest BCUT2D eigenvalue weighted by molar-refractivity contribution is 5.77. The Labute approximate surface area is 129 Å². The average molecular weight is 293 g/mol. The molecule has 22 heavy (non-hydrogen) atoms. The van der Waals surface area contributed by atoms with E-state index in [4.69, 9.17) is 10.5 Å². The van der Waals surface area contributed by atoms with E-state index in [1.165, 1.54) is 12.1 Å². The summed E-state index contributed by atoms with van der Waals surface area (Å²) < 4.78 is 18.8. The Morgan fingerprint density at radius 1 is 0.864 bits per heavy atom. The lowest BCUT2D eigenvalue weighted by Crippen LogP contribution is -1.97. The van der Waals surface area contributed by atoms with Crippen LogP contribution in [0.1, 0.15) is 5.56 Å². The summed E-state index contributed by atoms with van der Waals surface area (Å²) in [5, 5.41) is 0. The van der Waals surface area contributed by atoms with Crippen LogP contribution in [0.3, 0.4) is 0 Å². The van der Waals surface area contributed by atoms with E-state index in [9.17, 15) is 4.39 Å². The van der Waals surface area contributed by atoms with E-state index in [2.05, 4.69) is 0 Å². The van der Waals surface area contributed by atoms with Crippen molar-refractivity contribution in [3.8, 4) is 16.9 Å². The van der Waals surface area contributed by atoms with Crippen LogP contribution in [0.5, 0.6) is 5.75 Å². The molecular formula is C19H16FNO. The molecule has 0 saturated heterocycles. The van der Waals surface area contributed by atoms with Crippen LogP contribution in [0.15, 0.2) is 72.8 Å². The fourth-order valence-corrected chi connectivity index (χ4v) is 2.25. The minimum absolute atomic E-state index is 0.265. The minimum Gasteiger partial charge on any atom is -0.489 e. The number of nitrogens with two attached hydrogens (primary N) is 1. The van der Waals surface area contributed by atoms with Crippen LogP contribution in [-0.4, -0.2) is 0 Å². The highest BCUT2D eigenvalue weighted by atomic mass is 19.1. The predicted molar refractivity (Wildman–Crippen MR) is 87.0 cm³/mol. The molecule has 0 spiro atoms. The number of anilines is 1. The first kappa shape index (κ1) is 14.1. The van der Waals surface area contributed by atoms with Crippen LogP contribution in [0.2, 0.25) is 0 Å². The normalized spacial score (nSPS) is 10.4. The topological polar surface area (TPSA) is 35.2 Å². The maximum atomic E-state index is 13.0. The molecule has 2 N–H and O–H groups in total. The lowest BCUT2D eigenvalue weighted by atomic mass is 10.0. The standard InChI is InChI=1S/C19H16FNO/c20-16-8-6-15(7-9-16)18-12-17(10-11-19(18)21)22-13-14-4-2-1-3-5-14/h1-12H,13,21H2. The predicted octanol–water partition coefficient (Wildman–Crippen LogP) is 4.65. The second kappa shape index (κ2) is 6.31. The highest BCUT2D eigenvalue weighted by Crippen LogP contribution is 2.30. The van der Waals surface area contributed by atoms with E-state index >= 15 is 0 Å². The first-order valence-corrected chi connectivity index (χ1v) is 7.04. The molecule has 3 aromatic rings. The molecule has 0 atom stereocenters. The molecule has 0 radical (unpaired) electrons. The number of hydrogen-bond acceptors (Lipinski definition) is 2. The fourth-order valence-electron chi connectivity index (χ4n) is 2.25. The molecule has 0 fully saturated rings. The van der Waals surface area contributed by atoms with Gasteiger partial charge in [0.05, 0.1) is 0 Å². The number of halogens is 1. The largest absolute Gasteiger partial charge is 0.489 e. The zero-order valence-corrected chi connectivity index (χ0v) is 12.0. The molecule has 0 heterocycles. The zero-order chi connectivity index (χ0) is 15.4. The fraction of sp³-hybridized carbons (Fsp3) is 0.0526. The second-order valence-electron chi connectivity index (χ2n) is 5.03. The van der Waals surface area contributed by atoms with Crippen LogP contribution in [0.4, 0.5) is 10.1 Å². The van der Waals surface area contributed by atoms with Gasteiger partial charge in [-0.25, -0.2) is 4.39 Å². The van der Waals surface area contributed by atoms with E-state index < -0.39 is 0 Å². The lowest BCUT2D eigenvalue weighted by Gasteiger charge is -2.11. The maximum Gasteiger partial charge on any atom is 0.123 e. The molecule has 0 unspecified atom stereocenters. The van der Waals surface area contributed by atoms with Crippen molar-refractivity contribution in [1.29, 1.82) is 0 Å². The van der Waals surface area contributed by atoms with Gasteiger partial charge in [-0.3, -0.25) is 0 Å². The van der Waals surface area contributed by atoms with Crippen LogP contribution in [-0.2, 0) is 6.61 Å². The molecule has 0 amide bonds. The van der Waals surface area contributed by atoms with E-state index in [0.29, 0.717) is 12.3 Å². The molecule has 0 aliphatic rings. The average Bonchev–Trinajstić information content (AvgIpc) is 2.56. The molecule has 3 rings (SSSR count). The Morgan fingerprint density at radius 3 is 2.32 bits per heavy atom. The number of nitrogen functional groups attached to an aromatic ring is 1. The van der Waals surface area contributed by atoms with Crippen molar-refractivity contribution >= 4 is 5.69 Å². The SMILES string of the molecule is Nc1ccc(OCc2ccccc2)cc1-c1ccc(F)cc1. The van der Waals surface area contributed by atoms with Gasteiger partial charge in [0.25, 0.3) is 0 Å². The lowest BCUT2D eigenvalue weighted by molar-refractivity contribution is 0.306. The van der Waals surface area contributed by atoms with Gasteiger partial charge < -0.3 is 10.5 Å². The molecule has 2 nitrogen and oxygen atoms in total. The van der Waals surface area contributed by atoms with Gasteiger partial charge in [0.15, 0.2) is 0 Å². The molecule has 0 bridgehead atoms. The van der Waals surface area contributed by atoms with Gasteiger partial charge in [0.1, 0.15) is 18.2 Å². The maximum absolute atomic E-state index is 13.0. The van der Waals surface area contributed by atoms with Gasteiger partial charge in [-0.1, -0.05) is 42.5 Å². The molecule has 0 saturated carbocycles. The van der Waals surface area contributed by atoms with Gasteiger partial charge in [-0.2, -0.15) is 0 Å². The molecule has 3 heteroatoms. The summed E-state index contributed by atoms with van der Waals surface area (Å²) in [6, 6.07) is 21.7. The Bertz CT molecular complexity index is 754. The number of ether oxygens (including phenoxy) is 1. The van der Waals surface area contributed by atoms with Crippen molar-refractivity contribution in [2.24, 2.45) is 0 Å². The van der Waals surface area contributed by atoms with Gasteiger partial charge in [0.2, 0.25) is 0 Å². The van der Waals surface area contributed by atoms with Crippen molar-refractivity contribution in [2.45, 2.75) is 6.61 Å². The minimum atomic E-state index is -0.265. The summed E-state index contributed by atoms with van der Waals surface area (Å²) in [4.78, 5) is 0. The highest BCUT2D eigenvalue weighted by Gasteiger charge is 2.05. The summed E-state index contributed by atoms with van der Waals surface area (Å²) in [6.45, 7) is 0.494. The third-order valence-electron chi connectivity index (χ3n) is 3.43. The smallest absolute Gasteiger partial charge is 0.123 e. The van der Waals surface area contributed by atoms with E-state index in [1.807, 2.05) is 42.5 Å². The molecule has 0 aliphatic carbocycles. The van der Waals surface area contributed by atoms with E-state index in [1.54, 1.807) is 18.2 Å². The van der Waals surface area contributed by atoms with Crippen molar-refractivity contribution in [3.05, 3.63) is 84.2 Å². The molecule has 0 aromatic heterocycles. The van der Waals surface area contributed by atoms with E-state index in [-0.39, 0.29) is 5.82 Å². The van der Waals surface area contributed by atoms with Gasteiger partial charge >= 0.3 is 0 Å². The third kappa shape index (κ3) is 3.26. The Hall–Kier alpha value is -2.81. The number of hydrogen-bond donors (Lipinski definition) is 1. The van der Waals surface area contributed by atoms with Crippen molar-refractivity contribution in [1.82, 2.24) is 0 Å². The Kier molecular flexibility index (Phi) is 4.05. The van der Waals surface area contributed by atoms with Crippen molar-refractivity contribution in [2.75, 3.05) is 5.73 Å². The molecule has 110 valence electrons. The van der Waals surface area contributed by atoms with Crippen LogP contribution in [0, 0.1) is 5.82 Å². The van der Waals surface area contributed by atoms with Gasteiger partial charge in [0, 0.05) is 11.3 Å². The summed E-state index contributed by atoms with van der Waals surface area (Å²) >= 11 is 0. The van der Waals surface area contributed by atoms with Gasteiger partial charge in [-0.15, -0.1) is 0 Å². The quantitative estimate of drug-likeness (QED) is 0.710. The van der Waals surface area contributed by atoms with Gasteiger partial charge in [-0.05, 0) is 41.5 Å². The van der Waals surface area contributed by atoms with E-state index in [0.717, 1.165) is 22.4 Å². The summed E-state index contributed by atoms with van der Waals surface area (Å²) in [5.74, 6) is 0.469.